The maximum atomic E-state index is 12.7. The van der Waals surface area contributed by atoms with Gasteiger partial charge in [-0.2, -0.15) is 0 Å². The minimum absolute atomic E-state index is 0.0370. The van der Waals surface area contributed by atoms with E-state index in [4.69, 9.17) is 4.74 Å². The summed E-state index contributed by atoms with van der Waals surface area (Å²) in [7, 11) is 0. The molecule has 320 valence electrons. The van der Waals surface area contributed by atoms with Gasteiger partial charge in [0, 0.05) is 103 Å². The topological polar surface area (TPSA) is 151 Å². The molecule has 1 N–H and O–H groups in total. The standard InChI is InChI=1S/C26H28N6O.C24H25N5O/c33-26(24-13-5-4-12-23(24)21-10-8-14-27-18-21)29-16-6-2-1-3-7-17-32-20-25(30-31-32)22-11-9-15-28-19-22;1(5-15-29-19-23(27-28-29)21-10-8-14-26-18-21)2-6-16-30-24-12-4-3-11-22(24)20-9-7-13-25-17-20/h4-5,8-15,18-20H,1-3,6-7,16-17H2,(H,29,33);3-4,7-14,17-19H,1-2,5-6,15-16H2. The van der Waals surface area contributed by atoms with Crippen molar-refractivity contribution in [3.63, 3.8) is 0 Å². The molecule has 0 spiro atoms. The van der Waals surface area contributed by atoms with E-state index in [9.17, 15) is 4.79 Å². The number of para-hydroxylation sites is 1. The second-order valence-electron chi connectivity index (χ2n) is 15.0. The highest BCUT2D eigenvalue weighted by Gasteiger charge is 2.12. The maximum Gasteiger partial charge on any atom is 0.251 e. The van der Waals surface area contributed by atoms with Crippen LogP contribution < -0.4 is 10.1 Å². The summed E-state index contributed by atoms with van der Waals surface area (Å²) in [5, 5.41) is 19.9. The van der Waals surface area contributed by atoms with Crippen molar-refractivity contribution in [3.05, 3.63) is 165 Å². The lowest BCUT2D eigenvalue weighted by molar-refractivity contribution is 0.0953. The van der Waals surface area contributed by atoms with Gasteiger partial charge in [0.2, 0.25) is 0 Å². The lowest BCUT2D eigenvalue weighted by Gasteiger charge is -2.11. The molecule has 0 radical (unpaired) electrons. The number of benzene rings is 2. The Kier molecular flexibility index (Phi) is 16.7. The van der Waals surface area contributed by atoms with Gasteiger partial charge in [0.25, 0.3) is 5.91 Å². The molecule has 63 heavy (non-hydrogen) atoms. The Bertz CT molecular complexity index is 2530. The van der Waals surface area contributed by atoms with Crippen LogP contribution >= 0.6 is 0 Å². The van der Waals surface area contributed by atoms with Crippen molar-refractivity contribution >= 4 is 5.91 Å². The fourth-order valence-electron chi connectivity index (χ4n) is 7.05. The van der Waals surface area contributed by atoms with E-state index in [0.717, 1.165) is 121 Å². The van der Waals surface area contributed by atoms with Crippen LogP contribution in [0.2, 0.25) is 0 Å². The smallest absolute Gasteiger partial charge is 0.251 e. The first-order valence-corrected chi connectivity index (χ1v) is 21.7. The first-order valence-electron chi connectivity index (χ1n) is 21.7. The molecule has 0 aliphatic rings. The highest BCUT2D eigenvalue weighted by Crippen LogP contribution is 2.29. The van der Waals surface area contributed by atoms with E-state index < -0.39 is 0 Å². The van der Waals surface area contributed by atoms with Crippen LogP contribution in [0.15, 0.2) is 159 Å². The molecular formula is C50H53N11O2. The summed E-state index contributed by atoms with van der Waals surface area (Å²) < 4.78 is 9.84. The van der Waals surface area contributed by atoms with Gasteiger partial charge in [-0.15, -0.1) is 10.2 Å². The quantitative estimate of drug-likeness (QED) is 0.0693. The molecule has 0 bridgehead atoms. The molecule has 0 unspecified atom stereocenters. The van der Waals surface area contributed by atoms with Gasteiger partial charge in [0.15, 0.2) is 0 Å². The maximum absolute atomic E-state index is 12.7. The molecule has 6 aromatic heterocycles. The second kappa shape index (κ2) is 24.1. The van der Waals surface area contributed by atoms with E-state index in [2.05, 4.69) is 58.0 Å². The van der Waals surface area contributed by atoms with E-state index in [-0.39, 0.29) is 5.91 Å². The normalized spacial score (nSPS) is 10.8. The Morgan fingerprint density at radius 1 is 0.492 bits per heavy atom. The molecule has 6 heterocycles. The molecule has 0 aliphatic carbocycles. The number of amides is 1. The Morgan fingerprint density at radius 3 is 1.54 bits per heavy atom. The summed E-state index contributed by atoms with van der Waals surface area (Å²) in [5.41, 5.74) is 8.39. The lowest BCUT2D eigenvalue weighted by atomic mass is 10.0. The first-order chi connectivity index (χ1) is 31.2. The first kappa shape index (κ1) is 43.7. The van der Waals surface area contributed by atoms with Crippen molar-refractivity contribution in [1.29, 1.82) is 0 Å². The number of nitrogens with one attached hydrogen (secondary N) is 1. The minimum Gasteiger partial charge on any atom is -0.493 e. The Labute approximate surface area is 368 Å². The number of pyridine rings is 4. The van der Waals surface area contributed by atoms with Crippen molar-refractivity contribution in [2.24, 2.45) is 0 Å². The molecule has 0 fully saturated rings. The molecule has 0 saturated heterocycles. The Hall–Kier alpha value is -7.41. The molecule has 8 rings (SSSR count). The van der Waals surface area contributed by atoms with Gasteiger partial charge in [0.1, 0.15) is 17.1 Å². The molecule has 1 amide bonds. The predicted octanol–water partition coefficient (Wildman–Crippen LogP) is 9.82. The number of hydrogen-bond acceptors (Lipinski definition) is 10. The van der Waals surface area contributed by atoms with Crippen molar-refractivity contribution in [2.75, 3.05) is 13.2 Å². The van der Waals surface area contributed by atoms with Crippen LogP contribution in [0.25, 0.3) is 44.8 Å². The zero-order valence-corrected chi connectivity index (χ0v) is 35.5. The molecule has 2 aromatic carbocycles. The van der Waals surface area contributed by atoms with Gasteiger partial charge >= 0.3 is 0 Å². The lowest BCUT2D eigenvalue weighted by Crippen LogP contribution is -2.25. The molecular weight excluding hydrogens is 787 g/mol. The minimum atomic E-state index is -0.0370. The SMILES string of the molecule is O=C(NCCCCCCCn1cc(-c2cccnc2)nn1)c1ccccc1-c1cccnc1.c1cncc(-c2cn(CCCCCCOc3ccccc3-c3cccnc3)nn2)c1. The van der Waals surface area contributed by atoms with Crippen LogP contribution in [0.3, 0.4) is 0 Å². The molecule has 0 atom stereocenters. The van der Waals surface area contributed by atoms with Crippen molar-refractivity contribution in [1.82, 2.24) is 55.2 Å². The number of nitrogens with zero attached hydrogens (tertiary/aromatic N) is 10. The summed E-state index contributed by atoms with van der Waals surface area (Å²) in [6.45, 7) is 3.12. The number of aromatic nitrogens is 10. The number of rotatable bonds is 21. The molecule has 13 heteroatoms. The van der Waals surface area contributed by atoms with Crippen molar-refractivity contribution in [3.8, 4) is 50.5 Å². The number of unbranched alkanes of at least 4 members (excludes halogenated alkanes) is 7. The zero-order valence-electron chi connectivity index (χ0n) is 35.5. The van der Waals surface area contributed by atoms with Gasteiger partial charge in [-0.1, -0.05) is 84.6 Å². The van der Waals surface area contributed by atoms with Crippen LogP contribution in [-0.2, 0) is 13.1 Å². The van der Waals surface area contributed by atoms with Crippen LogP contribution in [-0.4, -0.2) is 69.0 Å². The summed E-state index contributed by atoms with van der Waals surface area (Å²) in [6, 6.07) is 31.4. The van der Waals surface area contributed by atoms with Crippen LogP contribution in [0.4, 0.5) is 0 Å². The van der Waals surface area contributed by atoms with Crippen LogP contribution in [0.5, 0.6) is 5.75 Å². The Balaban J connectivity index is 0.000000190. The van der Waals surface area contributed by atoms with E-state index in [0.29, 0.717) is 18.7 Å². The third-order valence-corrected chi connectivity index (χ3v) is 10.4. The average Bonchev–Trinajstić information content (AvgIpc) is 4.04. The Morgan fingerprint density at radius 2 is 0.968 bits per heavy atom. The second-order valence-corrected chi connectivity index (χ2v) is 15.0. The number of hydrogen-bond donors (Lipinski definition) is 1. The van der Waals surface area contributed by atoms with Gasteiger partial charge in [-0.05, 0) is 86.2 Å². The monoisotopic (exact) mass is 839 g/mol. The largest absolute Gasteiger partial charge is 0.493 e. The number of carbonyl (C=O) groups is 1. The summed E-state index contributed by atoms with van der Waals surface area (Å²) in [5.74, 6) is 0.876. The summed E-state index contributed by atoms with van der Waals surface area (Å²) >= 11 is 0. The third kappa shape index (κ3) is 13.5. The number of ether oxygens (including phenoxy) is 1. The fourth-order valence-corrected chi connectivity index (χ4v) is 7.05. The van der Waals surface area contributed by atoms with Gasteiger partial charge in [-0.3, -0.25) is 34.1 Å². The van der Waals surface area contributed by atoms with Gasteiger partial charge in [-0.25, -0.2) is 0 Å². The highest BCUT2D eigenvalue weighted by atomic mass is 16.5. The highest BCUT2D eigenvalue weighted by molar-refractivity contribution is 6.00. The summed E-state index contributed by atoms with van der Waals surface area (Å²) in [4.78, 5) is 29.3. The van der Waals surface area contributed by atoms with E-state index in [1.807, 2.05) is 113 Å². The van der Waals surface area contributed by atoms with E-state index >= 15 is 0 Å². The molecule has 0 saturated carbocycles. The van der Waals surface area contributed by atoms with Gasteiger partial charge < -0.3 is 10.1 Å². The molecule has 13 nitrogen and oxygen atoms in total. The van der Waals surface area contributed by atoms with Crippen molar-refractivity contribution < 1.29 is 9.53 Å². The van der Waals surface area contributed by atoms with E-state index in [1.165, 1.54) is 0 Å². The average molecular weight is 840 g/mol. The van der Waals surface area contributed by atoms with Gasteiger partial charge in [0.05, 0.1) is 19.0 Å². The molecule has 8 aromatic rings. The summed E-state index contributed by atoms with van der Waals surface area (Å²) in [6.07, 6.45) is 28.0. The zero-order chi connectivity index (χ0) is 43.2. The molecule has 0 aliphatic heterocycles. The van der Waals surface area contributed by atoms with E-state index in [1.54, 1.807) is 43.4 Å². The predicted molar refractivity (Wildman–Crippen MR) is 245 cm³/mol. The number of carbonyl (C=O) groups excluding carboxylic acids is 1. The van der Waals surface area contributed by atoms with Crippen LogP contribution in [0, 0.1) is 0 Å². The third-order valence-electron chi connectivity index (χ3n) is 10.4. The fraction of sp³-hybridized carbons (Fsp3) is 0.260. The van der Waals surface area contributed by atoms with Crippen molar-refractivity contribution in [2.45, 2.75) is 70.9 Å². The number of aryl methyl sites for hydroxylation is 2. The van der Waals surface area contributed by atoms with Crippen LogP contribution in [0.1, 0.15) is 68.1 Å².